The molecule has 3 N–H and O–H groups in total. The lowest BCUT2D eigenvalue weighted by molar-refractivity contribution is -0.123. The molecule has 0 saturated heterocycles. The average Bonchev–Trinajstić information content (AvgIpc) is 2.35. The first-order valence-corrected chi connectivity index (χ1v) is 6.38. The highest BCUT2D eigenvalue weighted by atomic mass is 19.3. The monoisotopic (exact) mass is 286 g/mol. The fourth-order valence-electron chi connectivity index (χ4n) is 1.67. The van der Waals surface area contributed by atoms with Crippen molar-refractivity contribution < 1.29 is 18.3 Å². The van der Waals surface area contributed by atoms with E-state index < -0.39 is 24.9 Å². The van der Waals surface area contributed by atoms with Gasteiger partial charge in [-0.1, -0.05) is 6.07 Å². The standard InChI is InChI=1S/C14H20F2N2O2/c1-10-5-11(2)7-12(6-10)20-4-3-13(19)18-9-14(15,16)8-17/h5-7H,3-4,8-9,17H2,1-2H3,(H,18,19). The van der Waals surface area contributed by atoms with Gasteiger partial charge in [0.1, 0.15) is 5.75 Å². The summed E-state index contributed by atoms with van der Waals surface area (Å²) in [5, 5.41) is 2.13. The zero-order valence-electron chi connectivity index (χ0n) is 11.7. The topological polar surface area (TPSA) is 64.3 Å². The molecule has 1 aromatic rings. The number of carbonyl (C=O) groups excluding carboxylic acids is 1. The highest BCUT2D eigenvalue weighted by molar-refractivity contribution is 5.76. The molecule has 0 aliphatic rings. The van der Waals surface area contributed by atoms with Crippen LogP contribution in [0.3, 0.4) is 0 Å². The number of carbonyl (C=O) groups is 1. The maximum absolute atomic E-state index is 12.8. The zero-order chi connectivity index (χ0) is 15.2. The molecule has 1 rings (SSSR count). The number of hydrogen-bond acceptors (Lipinski definition) is 3. The molecule has 1 amide bonds. The number of aryl methyl sites for hydroxylation is 2. The van der Waals surface area contributed by atoms with Gasteiger partial charge in [-0.15, -0.1) is 0 Å². The summed E-state index contributed by atoms with van der Waals surface area (Å²) in [6, 6.07) is 5.72. The van der Waals surface area contributed by atoms with Crippen molar-refractivity contribution in [3.05, 3.63) is 29.3 Å². The van der Waals surface area contributed by atoms with Crippen LogP contribution in [0.2, 0.25) is 0 Å². The summed E-state index contributed by atoms with van der Waals surface area (Å²) >= 11 is 0. The second-order valence-corrected chi connectivity index (χ2v) is 4.76. The van der Waals surface area contributed by atoms with Crippen molar-refractivity contribution >= 4 is 5.91 Å². The smallest absolute Gasteiger partial charge is 0.277 e. The van der Waals surface area contributed by atoms with Crippen LogP contribution in [0.15, 0.2) is 18.2 Å². The molecule has 0 radical (unpaired) electrons. The van der Waals surface area contributed by atoms with Gasteiger partial charge >= 0.3 is 0 Å². The van der Waals surface area contributed by atoms with Gasteiger partial charge in [-0.2, -0.15) is 0 Å². The molecule has 20 heavy (non-hydrogen) atoms. The van der Waals surface area contributed by atoms with E-state index in [1.807, 2.05) is 32.0 Å². The summed E-state index contributed by atoms with van der Waals surface area (Å²) in [5.74, 6) is -2.88. The molecule has 0 aliphatic carbocycles. The fraction of sp³-hybridized carbons (Fsp3) is 0.500. The normalized spacial score (nSPS) is 11.2. The van der Waals surface area contributed by atoms with Gasteiger partial charge in [0.25, 0.3) is 5.92 Å². The highest BCUT2D eigenvalue weighted by Crippen LogP contribution is 2.16. The lowest BCUT2D eigenvalue weighted by Crippen LogP contribution is -2.41. The third kappa shape index (κ3) is 5.97. The number of ether oxygens (including phenoxy) is 1. The van der Waals surface area contributed by atoms with Crippen LogP contribution < -0.4 is 15.8 Å². The molecular weight excluding hydrogens is 266 g/mol. The molecule has 0 spiro atoms. The van der Waals surface area contributed by atoms with E-state index in [0.29, 0.717) is 5.75 Å². The number of amides is 1. The number of halogens is 2. The average molecular weight is 286 g/mol. The van der Waals surface area contributed by atoms with Crippen molar-refractivity contribution in [2.75, 3.05) is 19.7 Å². The number of nitrogens with one attached hydrogen (secondary N) is 1. The molecule has 0 aromatic heterocycles. The first kappa shape index (κ1) is 16.4. The minimum atomic E-state index is -3.07. The first-order valence-electron chi connectivity index (χ1n) is 6.38. The van der Waals surface area contributed by atoms with E-state index in [0.717, 1.165) is 11.1 Å². The van der Waals surface area contributed by atoms with E-state index >= 15 is 0 Å². The van der Waals surface area contributed by atoms with Gasteiger partial charge in [-0.25, -0.2) is 8.78 Å². The Kier molecular flexibility index (Phi) is 5.88. The van der Waals surface area contributed by atoms with Crippen LogP contribution in [0.4, 0.5) is 8.78 Å². The van der Waals surface area contributed by atoms with Gasteiger partial charge in [-0.05, 0) is 37.1 Å². The number of nitrogens with two attached hydrogens (primary N) is 1. The largest absolute Gasteiger partial charge is 0.493 e. The Morgan fingerprint density at radius 2 is 1.90 bits per heavy atom. The molecule has 0 fully saturated rings. The van der Waals surface area contributed by atoms with E-state index in [2.05, 4.69) is 5.32 Å². The first-order chi connectivity index (χ1) is 9.32. The molecule has 1 aromatic carbocycles. The van der Waals surface area contributed by atoms with Crippen LogP contribution in [0.25, 0.3) is 0 Å². The van der Waals surface area contributed by atoms with E-state index in [4.69, 9.17) is 10.5 Å². The van der Waals surface area contributed by atoms with E-state index in [9.17, 15) is 13.6 Å². The van der Waals surface area contributed by atoms with Crippen molar-refractivity contribution in [3.8, 4) is 5.75 Å². The molecule has 0 bridgehead atoms. The third-order valence-corrected chi connectivity index (χ3v) is 2.64. The van der Waals surface area contributed by atoms with Gasteiger partial charge in [0.2, 0.25) is 5.91 Å². The second kappa shape index (κ2) is 7.19. The highest BCUT2D eigenvalue weighted by Gasteiger charge is 2.26. The Morgan fingerprint density at radius 3 is 2.45 bits per heavy atom. The van der Waals surface area contributed by atoms with Gasteiger partial charge in [0.15, 0.2) is 0 Å². The molecule has 112 valence electrons. The van der Waals surface area contributed by atoms with Crippen LogP contribution in [-0.2, 0) is 4.79 Å². The minimum absolute atomic E-state index is 0.0215. The Balaban J connectivity index is 2.31. The Morgan fingerprint density at radius 1 is 1.30 bits per heavy atom. The number of hydrogen-bond donors (Lipinski definition) is 2. The van der Waals surface area contributed by atoms with Crippen molar-refractivity contribution in [1.29, 1.82) is 0 Å². The van der Waals surface area contributed by atoms with Crippen molar-refractivity contribution in [2.45, 2.75) is 26.2 Å². The molecule has 4 nitrogen and oxygen atoms in total. The minimum Gasteiger partial charge on any atom is -0.493 e. The molecule has 0 unspecified atom stereocenters. The van der Waals surface area contributed by atoms with Crippen LogP contribution >= 0.6 is 0 Å². The van der Waals surface area contributed by atoms with Gasteiger partial charge in [0.05, 0.1) is 26.1 Å². The SMILES string of the molecule is Cc1cc(C)cc(OCCC(=O)NCC(F)(F)CN)c1. The molecule has 0 heterocycles. The molecule has 0 saturated carbocycles. The summed E-state index contributed by atoms with van der Waals surface area (Å²) in [5.41, 5.74) is 7.00. The van der Waals surface area contributed by atoms with Gasteiger partial charge in [-0.3, -0.25) is 4.79 Å². The van der Waals surface area contributed by atoms with Crippen molar-refractivity contribution in [3.63, 3.8) is 0 Å². The third-order valence-electron chi connectivity index (χ3n) is 2.64. The quantitative estimate of drug-likeness (QED) is 0.803. The van der Waals surface area contributed by atoms with Crippen LogP contribution in [0, 0.1) is 13.8 Å². The molecule has 0 aliphatic heterocycles. The lowest BCUT2D eigenvalue weighted by Gasteiger charge is -2.14. The maximum atomic E-state index is 12.8. The molecule has 0 atom stereocenters. The summed E-state index contributed by atoms with van der Waals surface area (Å²) in [4.78, 5) is 11.4. The summed E-state index contributed by atoms with van der Waals surface area (Å²) in [7, 11) is 0. The van der Waals surface area contributed by atoms with E-state index in [1.165, 1.54) is 0 Å². The second-order valence-electron chi connectivity index (χ2n) is 4.76. The van der Waals surface area contributed by atoms with Crippen LogP contribution in [0.5, 0.6) is 5.75 Å². The van der Waals surface area contributed by atoms with Crippen molar-refractivity contribution in [2.24, 2.45) is 5.73 Å². The fourth-order valence-corrected chi connectivity index (χ4v) is 1.67. The number of benzene rings is 1. The van der Waals surface area contributed by atoms with Gasteiger partial charge < -0.3 is 15.8 Å². The Bertz CT molecular complexity index is 444. The zero-order valence-corrected chi connectivity index (χ0v) is 11.7. The number of rotatable bonds is 7. The molecular formula is C14H20F2N2O2. The maximum Gasteiger partial charge on any atom is 0.277 e. The van der Waals surface area contributed by atoms with Crippen LogP contribution in [-0.4, -0.2) is 31.5 Å². The Hall–Kier alpha value is -1.69. The predicted octanol–water partition coefficient (Wildman–Crippen LogP) is 1.78. The summed E-state index contributed by atoms with van der Waals surface area (Å²) in [6.07, 6.45) is 0.0215. The predicted molar refractivity (Wildman–Crippen MR) is 73.0 cm³/mol. The lowest BCUT2D eigenvalue weighted by atomic mass is 10.1. The van der Waals surface area contributed by atoms with Crippen LogP contribution in [0.1, 0.15) is 17.5 Å². The number of alkyl halides is 2. The van der Waals surface area contributed by atoms with E-state index in [-0.39, 0.29) is 13.0 Å². The van der Waals surface area contributed by atoms with Gasteiger partial charge in [0, 0.05) is 0 Å². The summed E-state index contributed by atoms with van der Waals surface area (Å²) < 4.78 is 31.1. The molecule has 6 heteroatoms. The summed E-state index contributed by atoms with van der Waals surface area (Å²) in [6.45, 7) is 2.50. The van der Waals surface area contributed by atoms with Crippen molar-refractivity contribution in [1.82, 2.24) is 5.32 Å². The Labute approximate surface area is 117 Å². The van der Waals surface area contributed by atoms with E-state index in [1.54, 1.807) is 0 Å².